The van der Waals surface area contributed by atoms with E-state index in [1.165, 1.54) is 0 Å². The third-order valence-electron chi connectivity index (χ3n) is 3.95. The average molecular weight is 358 g/mol. The predicted octanol–water partition coefficient (Wildman–Crippen LogP) is 3.32. The van der Waals surface area contributed by atoms with Gasteiger partial charge in [0, 0.05) is 0 Å². The smallest absolute Gasteiger partial charge is 0.315 e. The first-order chi connectivity index (χ1) is 12.4. The van der Waals surface area contributed by atoms with Crippen molar-refractivity contribution in [3.63, 3.8) is 0 Å². The molecule has 0 fully saturated rings. The van der Waals surface area contributed by atoms with Crippen molar-refractivity contribution in [2.24, 2.45) is 0 Å². The van der Waals surface area contributed by atoms with Crippen molar-refractivity contribution in [2.45, 2.75) is 19.4 Å². The van der Waals surface area contributed by atoms with E-state index in [1.807, 2.05) is 62.4 Å². The number of carbonyl (C=O) groups is 1. The van der Waals surface area contributed by atoms with Gasteiger partial charge in [-0.1, -0.05) is 12.1 Å². The minimum atomic E-state index is -0.507. The van der Waals surface area contributed by atoms with Crippen LogP contribution in [0.25, 0.3) is 0 Å². The first-order valence-corrected chi connectivity index (χ1v) is 8.42. The number of rotatable bonds is 8. The third-order valence-corrected chi connectivity index (χ3v) is 3.95. The molecule has 0 unspecified atom stereocenters. The zero-order valence-corrected chi connectivity index (χ0v) is 15.7. The highest BCUT2D eigenvalue weighted by molar-refractivity contribution is 5.75. The third kappa shape index (κ3) is 5.58. The molecule has 140 valence electrons. The summed E-state index contributed by atoms with van der Waals surface area (Å²) >= 11 is 0. The molecule has 0 radical (unpaired) electrons. The van der Waals surface area contributed by atoms with Crippen molar-refractivity contribution in [2.75, 3.05) is 27.4 Å². The lowest BCUT2D eigenvalue weighted by Crippen LogP contribution is -2.47. The number of benzene rings is 2. The molecule has 0 saturated heterocycles. The molecule has 0 aliphatic carbocycles. The molecule has 0 saturated carbocycles. The summed E-state index contributed by atoms with van der Waals surface area (Å²) < 4.78 is 15.8. The second-order valence-corrected chi connectivity index (χ2v) is 6.26. The molecule has 26 heavy (non-hydrogen) atoms. The number of ether oxygens (including phenoxy) is 3. The Morgan fingerprint density at radius 1 is 0.885 bits per heavy atom. The van der Waals surface area contributed by atoms with E-state index in [0.717, 1.165) is 22.8 Å². The van der Waals surface area contributed by atoms with Crippen LogP contribution in [-0.4, -0.2) is 33.4 Å². The van der Waals surface area contributed by atoms with E-state index in [9.17, 15) is 4.79 Å². The van der Waals surface area contributed by atoms with Gasteiger partial charge in [0.25, 0.3) is 0 Å². The maximum Gasteiger partial charge on any atom is 0.315 e. The van der Waals surface area contributed by atoms with Crippen LogP contribution in [0.15, 0.2) is 48.5 Å². The lowest BCUT2D eigenvalue weighted by Gasteiger charge is -2.27. The fourth-order valence-electron chi connectivity index (χ4n) is 2.41. The van der Waals surface area contributed by atoms with Crippen LogP contribution in [0.2, 0.25) is 0 Å². The molecule has 6 nitrogen and oxygen atoms in total. The van der Waals surface area contributed by atoms with E-state index >= 15 is 0 Å². The normalized spacial score (nSPS) is 10.8. The Hall–Kier alpha value is -2.89. The molecule has 0 spiro atoms. The first-order valence-electron chi connectivity index (χ1n) is 8.42. The lowest BCUT2D eigenvalue weighted by molar-refractivity contribution is 0.226. The summed E-state index contributed by atoms with van der Waals surface area (Å²) in [6.45, 7) is 4.67. The van der Waals surface area contributed by atoms with Crippen LogP contribution in [0, 0.1) is 0 Å². The van der Waals surface area contributed by atoms with E-state index in [-0.39, 0.29) is 6.03 Å². The van der Waals surface area contributed by atoms with Gasteiger partial charge in [0.15, 0.2) is 0 Å². The second-order valence-electron chi connectivity index (χ2n) is 6.26. The van der Waals surface area contributed by atoms with Crippen molar-refractivity contribution in [3.8, 4) is 17.2 Å². The molecule has 2 N–H and O–H groups in total. The van der Waals surface area contributed by atoms with Gasteiger partial charge in [0.05, 0.1) is 26.3 Å². The Bertz CT molecular complexity index is 697. The maximum atomic E-state index is 12.1. The molecule has 2 aromatic carbocycles. The summed E-state index contributed by atoms with van der Waals surface area (Å²) in [4.78, 5) is 12.1. The summed E-state index contributed by atoms with van der Waals surface area (Å²) in [5.41, 5.74) is 0.482. The van der Waals surface area contributed by atoms with Crippen LogP contribution in [-0.2, 0) is 5.54 Å². The first kappa shape index (κ1) is 19.4. The van der Waals surface area contributed by atoms with Crippen LogP contribution < -0.4 is 24.8 Å². The summed E-state index contributed by atoms with van der Waals surface area (Å²) in [7, 11) is 3.24. The van der Waals surface area contributed by atoms with Gasteiger partial charge < -0.3 is 24.8 Å². The van der Waals surface area contributed by atoms with E-state index in [0.29, 0.717) is 13.2 Å². The summed E-state index contributed by atoms with van der Waals surface area (Å²) in [5, 5.41) is 5.76. The van der Waals surface area contributed by atoms with Gasteiger partial charge in [-0.15, -0.1) is 0 Å². The lowest BCUT2D eigenvalue weighted by atomic mass is 9.94. The Kier molecular flexibility index (Phi) is 6.72. The van der Waals surface area contributed by atoms with Crippen molar-refractivity contribution >= 4 is 6.03 Å². The molecule has 0 aromatic heterocycles. The molecule has 0 aliphatic rings. The van der Waals surface area contributed by atoms with Crippen LogP contribution in [0.1, 0.15) is 19.4 Å². The zero-order chi connectivity index (χ0) is 19.0. The van der Waals surface area contributed by atoms with Crippen molar-refractivity contribution in [1.29, 1.82) is 0 Å². The maximum absolute atomic E-state index is 12.1. The van der Waals surface area contributed by atoms with Gasteiger partial charge in [-0.3, -0.25) is 0 Å². The van der Waals surface area contributed by atoms with E-state index in [4.69, 9.17) is 14.2 Å². The predicted molar refractivity (Wildman–Crippen MR) is 101 cm³/mol. The number of amides is 2. The Morgan fingerprint density at radius 3 is 1.92 bits per heavy atom. The van der Waals surface area contributed by atoms with Gasteiger partial charge in [-0.25, -0.2) is 4.79 Å². The molecule has 2 rings (SSSR count). The van der Waals surface area contributed by atoms with E-state index in [1.54, 1.807) is 14.2 Å². The van der Waals surface area contributed by atoms with Crippen LogP contribution in [0.3, 0.4) is 0 Å². The number of methoxy groups -OCH3 is 2. The molecule has 2 aromatic rings. The zero-order valence-electron chi connectivity index (χ0n) is 15.7. The monoisotopic (exact) mass is 358 g/mol. The minimum absolute atomic E-state index is 0.246. The van der Waals surface area contributed by atoms with Crippen LogP contribution >= 0.6 is 0 Å². The van der Waals surface area contributed by atoms with E-state index in [2.05, 4.69) is 10.6 Å². The summed E-state index contributed by atoms with van der Waals surface area (Å²) in [6, 6.07) is 14.7. The quantitative estimate of drug-likeness (QED) is 0.711. The Labute approximate surface area is 154 Å². The summed E-state index contributed by atoms with van der Waals surface area (Å²) in [6.07, 6.45) is 0. The van der Waals surface area contributed by atoms with Crippen LogP contribution in [0.5, 0.6) is 17.2 Å². The van der Waals surface area contributed by atoms with Gasteiger partial charge in [-0.2, -0.15) is 0 Å². The molecule has 6 heteroatoms. The van der Waals surface area contributed by atoms with E-state index < -0.39 is 5.54 Å². The molecule has 0 bridgehead atoms. The van der Waals surface area contributed by atoms with Crippen molar-refractivity contribution in [3.05, 3.63) is 54.1 Å². The largest absolute Gasteiger partial charge is 0.497 e. The minimum Gasteiger partial charge on any atom is -0.497 e. The highest BCUT2D eigenvalue weighted by Crippen LogP contribution is 2.22. The topological polar surface area (TPSA) is 68.8 Å². The van der Waals surface area contributed by atoms with Gasteiger partial charge in [-0.05, 0) is 55.8 Å². The van der Waals surface area contributed by atoms with Gasteiger partial charge in [0.2, 0.25) is 0 Å². The standard InChI is InChI=1S/C20H26N2O4/c1-20(2,15-5-7-16(24-3)8-6-15)22-19(23)21-13-14-26-18-11-9-17(25-4)10-12-18/h5-12H,13-14H2,1-4H3,(H2,21,22,23). The summed E-state index contributed by atoms with van der Waals surface area (Å²) in [5.74, 6) is 2.28. The molecular weight excluding hydrogens is 332 g/mol. The molecule has 2 amide bonds. The number of nitrogens with one attached hydrogen (secondary N) is 2. The number of carbonyl (C=O) groups excluding carboxylic acids is 1. The molecule has 0 atom stereocenters. The van der Waals surface area contributed by atoms with Crippen LogP contribution in [0.4, 0.5) is 4.79 Å². The fourth-order valence-corrected chi connectivity index (χ4v) is 2.41. The Balaban J connectivity index is 1.76. The molecule has 0 aliphatic heterocycles. The van der Waals surface area contributed by atoms with Crippen molar-refractivity contribution < 1.29 is 19.0 Å². The number of hydrogen-bond acceptors (Lipinski definition) is 4. The second kappa shape index (κ2) is 8.99. The van der Waals surface area contributed by atoms with Gasteiger partial charge >= 0.3 is 6.03 Å². The Morgan fingerprint density at radius 2 is 1.38 bits per heavy atom. The highest BCUT2D eigenvalue weighted by atomic mass is 16.5. The number of hydrogen-bond donors (Lipinski definition) is 2. The fraction of sp³-hybridized carbons (Fsp3) is 0.350. The average Bonchev–Trinajstić information content (AvgIpc) is 2.65. The van der Waals surface area contributed by atoms with Gasteiger partial charge in [0.1, 0.15) is 23.9 Å². The SMILES string of the molecule is COc1ccc(OCCNC(=O)NC(C)(C)c2ccc(OC)cc2)cc1. The number of urea groups is 1. The highest BCUT2D eigenvalue weighted by Gasteiger charge is 2.22. The van der Waals surface area contributed by atoms with Crippen molar-refractivity contribution in [1.82, 2.24) is 10.6 Å². The molecule has 0 heterocycles. The molecular formula is C20H26N2O4.